The number of carbonyl (C=O) groups is 2. The van der Waals surface area contributed by atoms with Crippen LogP contribution in [0, 0.1) is 0 Å². The first-order chi connectivity index (χ1) is 15.5. The third kappa shape index (κ3) is 5.60. The summed E-state index contributed by atoms with van der Waals surface area (Å²) in [6, 6.07) is 19.2. The van der Waals surface area contributed by atoms with Crippen molar-refractivity contribution >= 4 is 11.8 Å². The van der Waals surface area contributed by atoms with Crippen LogP contribution in [0.5, 0.6) is 0 Å². The van der Waals surface area contributed by atoms with Crippen LogP contribution in [0.25, 0.3) is 0 Å². The topological polar surface area (TPSA) is 71.4 Å². The molecular formula is C26H27N3O3. The smallest absolute Gasteiger partial charge is 0.259 e. The van der Waals surface area contributed by atoms with E-state index in [4.69, 9.17) is 0 Å². The molecule has 0 spiro atoms. The van der Waals surface area contributed by atoms with Crippen LogP contribution in [-0.2, 0) is 13.1 Å². The maximum absolute atomic E-state index is 13.4. The summed E-state index contributed by atoms with van der Waals surface area (Å²) in [4.78, 5) is 40.7. The Morgan fingerprint density at radius 2 is 1.56 bits per heavy atom. The van der Waals surface area contributed by atoms with Crippen molar-refractivity contribution in [2.45, 2.75) is 20.0 Å². The van der Waals surface area contributed by atoms with Gasteiger partial charge in [0.05, 0.1) is 0 Å². The summed E-state index contributed by atoms with van der Waals surface area (Å²) in [6.07, 6.45) is 4.57. The first kappa shape index (κ1) is 22.7. The Hall–Kier alpha value is -3.93. The number of carbonyl (C=O) groups excluding carboxylic acids is 2. The molecule has 0 aliphatic carbocycles. The average molecular weight is 430 g/mol. The molecule has 2 aromatic carbocycles. The van der Waals surface area contributed by atoms with Crippen LogP contribution in [0.3, 0.4) is 0 Å². The summed E-state index contributed by atoms with van der Waals surface area (Å²) >= 11 is 0. The minimum Gasteiger partial charge on any atom is -0.348 e. The second-order valence-corrected chi connectivity index (χ2v) is 7.38. The van der Waals surface area contributed by atoms with Gasteiger partial charge >= 0.3 is 0 Å². The van der Waals surface area contributed by atoms with Crippen molar-refractivity contribution in [2.75, 3.05) is 13.1 Å². The number of benzene rings is 2. The van der Waals surface area contributed by atoms with Gasteiger partial charge in [0.25, 0.3) is 11.8 Å². The summed E-state index contributed by atoms with van der Waals surface area (Å²) in [5, 5.41) is 2.63. The molecule has 0 atom stereocenters. The third-order valence-corrected chi connectivity index (χ3v) is 5.05. The van der Waals surface area contributed by atoms with E-state index in [-0.39, 0.29) is 17.7 Å². The highest BCUT2D eigenvalue weighted by molar-refractivity contribution is 5.99. The fourth-order valence-electron chi connectivity index (χ4n) is 3.39. The zero-order valence-electron chi connectivity index (χ0n) is 18.2. The summed E-state index contributed by atoms with van der Waals surface area (Å²) < 4.78 is 1.71. The molecule has 3 rings (SSSR count). The number of rotatable bonds is 9. The standard InChI is InChI=1S/C26H27N3O3/c1-3-15-27-25(31)22-18-28(16-20-11-7-5-8-12-20)19-23(24(22)30)26(32)29(4-2)17-21-13-9-6-10-14-21/h3,5-14,18-19H,1,4,15-17H2,2H3,(H,27,31). The second-order valence-electron chi connectivity index (χ2n) is 7.38. The van der Waals surface area contributed by atoms with Crippen molar-refractivity contribution in [3.63, 3.8) is 0 Å². The van der Waals surface area contributed by atoms with Crippen molar-refractivity contribution in [3.8, 4) is 0 Å². The van der Waals surface area contributed by atoms with Gasteiger partial charge in [-0.25, -0.2) is 0 Å². The zero-order chi connectivity index (χ0) is 22.9. The van der Waals surface area contributed by atoms with Crippen molar-refractivity contribution in [1.29, 1.82) is 0 Å². The lowest BCUT2D eigenvalue weighted by molar-refractivity contribution is 0.0750. The molecule has 0 aliphatic rings. The monoisotopic (exact) mass is 429 g/mol. The van der Waals surface area contributed by atoms with Gasteiger partial charge in [0.2, 0.25) is 5.43 Å². The van der Waals surface area contributed by atoms with Crippen LogP contribution in [0.2, 0.25) is 0 Å². The van der Waals surface area contributed by atoms with Gasteiger partial charge in [-0.05, 0) is 18.1 Å². The lowest BCUT2D eigenvalue weighted by Crippen LogP contribution is -2.37. The number of nitrogens with zero attached hydrogens (tertiary/aromatic N) is 2. The molecule has 1 aromatic heterocycles. The molecular weight excluding hydrogens is 402 g/mol. The molecule has 1 N–H and O–H groups in total. The highest BCUT2D eigenvalue weighted by Crippen LogP contribution is 2.11. The maximum atomic E-state index is 13.4. The van der Waals surface area contributed by atoms with Gasteiger partial charge in [0.15, 0.2) is 0 Å². The predicted octanol–water partition coefficient (Wildman–Crippen LogP) is 3.47. The van der Waals surface area contributed by atoms with E-state index in [0.717, 1.165) is 11.1 Å². The van der Waals surface area contributed by atoms with Crippen LogP contribution < -0.4 is 10.7 Å². The SMILES string of the molecule is C=CCNC(=O)c1cn(Cc2ccccc2)cc(C(=O)N(CC)Cc2ccccc2)c1=O. The number of hydrogen-bond acceptors (Lipinski definition) is 3. The predicted molar refractivity (Wildman–Crippen MR) is 126 cm³/mol. The van der Waals surface area contributed by atoms with Gasteiger partial charge in [-0.1, -0.05) is 66.7 Å². The van der Waals surface area contributed by atoms with Gasteiger partial charge in [-0.2, -0.15) is 0 Å². The van der Waals surface area contributed by atoms with E-state index in [1.54, 1.807) is 9.47 Å². The van der Waals surface area contributed by atoms with Gasteiger partial charge < -0.3 is 14.8 Å². The van der Waals surface area contributed by atoms with E-state index >= 15 is 0 Å². The lowest BCUT2D eigenvalue weighted by atomic mass is 10.1. The van der Waals surface area contributed by atoms with E-state index < -0.39 is 17.2 Å². The lowest BCUT2D eigenvalue weighted by Gasteiger charge is -2.22. The van der Waals surface area contributed by atoms with E-state index in [1.807, 2.05) is 67.6 Å². The molecule has 164 valence electrons. The number of nitrogens with one attached hydrogen (secondary N) is 1. The molecule has 2 amide bonds. The van der Waals surface area contributed by atoms with Gasteiger partial charge in [-0.15, -0.1) is 6.58 Å². The molecule has 3 aromatic rings. The molecule has 0 bridgehead atoms. The number of aromatic nitrogens is 1. The van der Waals surface area contributed by atoms with Crippen LogP contribution in [0.4, 0.5) is 0 Å². The highest BCUT2D eigenvalue weighted by Gasteiger charge is 2.23. The van der Waals surface area contributed by atoms with E-state index in [0.29, 0.717) is 19.6 Å². The fraction of sp³-hybridized carbons (Fsp3) is 0.192. The van der Waals surface area contributed by atoms with E-state index in [9.17, 15) is 14.4 Å². The maximum Gasteiger partial charge on any atom is 0.259 e. The Morgan fingerprint density at radius 1 is 0.969 bits per heavy atom. The molecule has 6 heteroatoms. The molecule has 0 unspecified atom stereocenters. The third-order valence-electron chi connectivity index (χ3n) is 5.05. The number of pyridine rings is 1. The summed E-state index contributed by atoms with van der Waals surface area (Å²) in [5.74, 6) is -0.931. The average Bonchev–Trinajstić information content (AvgIpc) is 2.82. The Labute approximate surface area is 187 Å². The molecule has 1 heterocycles. The molecule has 6 nitrogen and oxygen atoms in total. The van der Waals surface area contributed by atoms with Gasteiger partial charge in [0, 0.05) is 38.6 Å². The Kier molecular flexibility index (Phi) is 7.75. The van der Waals surface area contributed by atoms with Crippen LogP contribution >= 0.6 is 0 Å². The second kappa shape index (κ2) is 10.9. The zero-order valence-corrected chi connectivity index (χ0v) is 18.2. The first-order valence-electron chi connectivity index (χ1n) is 10.5. The fourth-order valence-corrected chi connectivity index (χ4v) is 3.39. The Balaban J connectivity index is 2.00. The molecule has 0 saturated carbocycles. The molecule has 32 heavy (non-hydrogen) atoms. The van der Waals surface area contributed by atoms with Crippen LogP contribution in [0.1, 0.15) is 38.8 Å². The Bertz CT molecular complexity index is 1140. The summed E-state index contributed by atoms with van der Waals surface area (Å²) in [7, 11) is 0. The molecule has 0 radical (unpaired) electrons. The van der Waals surface area contributed by atoms with Crippen molar-refractivity contribution in [2.24, 2.45) is 0 Å². The number of hydrogen-bond donors (Lipinski definition) is 1. The molecule has 0 aliphatic heterocycles. The Morgan fingerprint density at radius 3 is 2.16 bits per heavy atom. The first-order valence-corrected chi connectivity index (χ1v) is 10.5. The summed E-state index contributed by atoms with van der Waals surface area (Å²) in [5.41, 5.74) is 1.29. The quantitative estimate of drug-likeness (QED) is 0.530. The van der Waals surface area contributed by atoms with Crippen LogP contribution in [-0.4, -0.2) is 34.4 Å². The molecule has 0 fully saturated rings. The minimum absolute atomic E-state index is 0.0232. The van der Waals surface area contributed by atoms with Gasteiger partial charge in [0.1, 0.15) is 11.1 Å². The summed E-state index contributed by atoms with van der Waals surface area (Å²) in [6.45, 7) is 6.90. The van der Waals surface area contributed by atoms with Gasteiger partial charge in [-0.3, -0.25) is 14.4 Å². The molecule has 0 saturated heterocycles. The van der Waals surface area contributed by atoms with Crippen LogP contribution in [0.15, 0.2) is 90.5 Å². The largest absolute Gasteiger partial charge is 0.348 e. The van der Waals surface area contributed by atoms with Crippen molar-refractivity contribution in [3.05, 3.63) is 118 Å². The normalized spacial score (nSPS) is 10.4. The highest BCUT2D eigenvalue weighted by atomic mass is 16.2. The minimum atomic E-state index is -0.576. The van der Waals surface area contributed by atoms with E-state index in [2.05, 4.69) is 11.9 Å². The van der Waals surface area contributed by atoms with Crippen molar-refractivity contribution in [1.82, 2.24) is 14.8 Å². The van der Waals surface area contributed by atoms with E-state index in [1.165, 1.54) is 18.5 Å². The number of amides is 2. The van der Waals surface area contributed by atoms with Crippen molar-refractivity contribution < 1.29 is 9.59 Å².